The molecule has 86 valence electrons. The Kier molecular flexibility index (Phi) is 2.24. The van der Waals surface area contributed by atoms with Crippen LogP contribution in [0.5, 0.6) is 0 Å². The smallest absolute Gasteiger partial charge is 0.0593 e. The molecule has 0 bridgehead atoms. The maximum Gasteiger partial charge on any atom is 0.0593 e. The second kappa shape index (κ2) is 3.63. The Morgan fingerprint density at radius 2 is 2.44 bits per heavy atom. The third-order valence-electron chi connectivity index (χ3n) is 3.78. The molecular weight excluding hydrogens is 200 g/mol. The Balaban J connectivity index is 1.96. The molecule has 1 saturated heterocycles. The van der Waals surface area contributed by atoms with Gasteiger partial charge in [0.25, 0.3) is 0 Å². The lowest BCUT2D eigenvalue weighted by molar-refractivity contribution is 0.197. The number of hydrogen-bond donors (Lipinski definition) is 1. The number of nitrogens with one attached hydrogen (secondary N) is 1. The lowest BCUT2D eigenvalue weighted by Crippen LogP contribution is -2.37. The SMILES string of the molecule is C=CN1Cc2ccnn2CC2(CCNC2)C1. The van der Waals surface area contributed by atoms with Crippen LogP contribution in [-0.2, 0) is 13.1 Å². The zero-order valence-electron chi connectivity index (χ0n) is 9.52. The van der Waals surface area contributed by atoms with Crippen LogP contribution in [0.2, 0.25) is 0 Å². The van der Waals surface area contributed by atoms with E-state index in [1.807, 2.05) is 12.4 Å². The Labute approximate surface area is 95.9 Å². The molecule has 2 aliphatic heterocycles. The highest BCUT2D eigenvalue weighted by Gasteiger charge is 2.38. The van der Waals surface area contributed by atoms with E-state index in [2.05, 4.69) is 32.6 Å². The Bertz CT molecular complexity index is 389. The van der Waals surface area contributed by atoms with Gasteiger partial charge >= 0.3 is 0 Å². The van der Waals surface area contributed by atoms with Crippen molar-refractivity contribution in [2.75, 3.05) is 19.6 Å². The van der Waals surface area contributed by atoms with Gasteiger partial charge in [-0.25, -0.2) is 0 Å². The predicted molar refractivity (Wildman–Crippen MR) is 62.8 cm³/mol. The molecule has 0 radical (unpaired) electrons. The molecule has 16 heavy (non-hydrogen) atoms. The van der Waals surface area contributed by atoms with Crippen molar-refractivity contribution >= 4 is 0 Å². The third kappa shape index (κ3) is 1.53. The molecule has 0 aliphatic carbocycles. The van der Waals surface area contributed by atoms with Crippen molar-refractivity contribution in [2.45, 2.75) is 19.5 Å². The zero-order valence-corrected chi connectivity index (χ0v) is 9.52. The summed E-state index contributed by atoms with van der Waals surface area (Å²) in [5.41, 5.74) is 1.63. The van der Waals surface area contributed by atoms with Crippen LogP contribution >= 0.6 is 0 Å². The zero-order chi connectivity index (χ0) is 11.0. The summed E-state index contributed by atoms with van der Waals surface area (Å²) in [7, 11) is 0. The lowest BCUT2D eigenvalue weighted by atomic mass is 9.87. The van der Waals surface area contributed by atoms with Gasteiger partial charge in [0.2, 0.25) is 0 Å². The van der Waals surface area contributed by atoms with Gasteiger partial charge in [0.1, 0.15) is 0 Å². The average molecular weight is 218 g/mol. The minimum absolute atomic E-state index is 0.339. The van der Waals surface area contributed by atoms with E-state index in [0.29, 0.717) is 5.41 Å². The fourth-order valence-corrected chi connectivity index (χ4v) is 2.89. The quantitative estimate of drug-likeness (QED) is 0.757. The second-order valence-corrected chi connectivity index (χ2v) is 4.99. The van der Waals surface area contributed by atoms with E-state index in [9.17, 15) is 0 Å². The summed E-state index contributed by atoms with van der Waals surface area (Å²) >= 11 is 0. The van der Waals surface area contributed by atoms with Gasteiger partial charge in [-0.2, -0.15) is 5.10 Å². The molecule has 4 nitrogen and oxygen atoms in total. The Morgan fingerprint density at radius 1 is 1.50 bits per heavy atom. The van der Waals surface area contributed by atoms with Crippen molar-refractivity contribution in [1.82, 2.24) is 20.0 Å². The molecule has 1 spiro atoms. The van der Waals surface area contributed by atoms with Gasteiger partial charge in [-0.05, 0) is 25.2 Å². The first kappa shape index (κ1) is 9.90. The fourth-order valence-electron chi connectivity index (χ4n) is 2.89. The number of hydrogen-bond acceptors (Lipinski definition) is 3. The molecule has 0 saturated carbocycles. The Hall–Kier alpha value is -1.29. The van der Waals surface area contributed by atoms with Crippen LogP contribution in [0.3, 0.4) is 0 Å². The van der Waals surface area contributed by atoms with Crippen LogP contribution in [0.25, 0.3) is 0 Å². The minimum atomic E-state index is 0.339. The largest absolute Gasteiger partial charge is 0.371 e. The summed E-state index contributed by atoms with van der Waals surface area (Å²) < 4.78 is 2.16. The van der Waals surface area contributed by atoms with Crippen LogP contribution in [0.4, 0.5) is 0 Å². The van der Waals surface area contributed by atoms with Crippen LogP contribution < -0.4 is 5.32 Å². The van der Waals surface area contributed by atoms with E-state index in [0.717, 1.165) is 32.7 Å². The number of aromatic nitrogens is 2. The van der Waals surface area contributed by atoms with Crippen LogP contribution in [-0.4, -0.2) is 34.3 Å². The van der Waals surface area contributed by atoms with Crippen LogP contribution in [0.1, 0.15) is 12.1 Å². The summed E-state index contributed by atoms with van der Waals surface area (Å²) in [6, 6.07) is 2.11. The van der Waals surface area contributed by atoms with Gasteiger partial charge in [-0.15, -0.1) is 0 Å². The monoisotopic (exact) mass is 218 g/mol. The second-order valence-electron chi connectivity index (χ2n) is 4.99. The van der Waals surface area contributed by atoms with Crippen molar-refractivity contribution in [2.24, 2.45) is 5.41 Å². The maximum atomic E-state index is 4.43. The van der Waals surface area contributed by atoms with Gasteiger partial charge in [0.05, 0.1) is 12.2 Å². The van der Waals surface area contributed by atoms with Crippen molar-refractivity contribution < 1.29 is 0 Å². The first-order chi connectivity index (χ1) is 7.81. The standard InChI is InChI=1S/C12H18N4/c1-2-15-7-11-3-5-14-16(11)10-12(9-15)4-6-13-8-12/h2-3,5,13H,1,4,6-10H2. The first-order valence-corrected chi connectivity index (χ1v) is 5.89. The minimum Gasteiger partial charge on any atom is -0.371 e. The summed E-state index contributed by atoms with van der Waals surface area (Å²) in [5.74, 6) is 0. The normalized spacial score (nSPS) is 29.1. The molecule has 1 fully saturated rings. The summed E-state index contributed by atoms with van der Waals surface area (Å²) in [5, 5.41) is 7.91. The summed E-state index contributed by atoms with van der Waals surface area (Å²) in [4.78, 5) is 2.31. The van der Waals surface area contributed by atoms with E-state index in [1.54, 1.807) is 0 Å². The molecule has 1 atom stereocenters. The molecule has 1 aromatic rings. The van der Waals surface area contributed by atoms with E-state index in [4.69, 9.17) is 0 Å². The van der Waals surface area contributed by atoms with Gasteiger partial charge < -0.3 is 10.2 Å². The van der Waals surface area contributed by atoms with E-state index < -0.39 is 0 Å². The number of rotatable bonds is 1. The number of fused-ring (bicyclic) bond motifs is 1. The molecule has 0 amide bonds. The Morgan fingerprint density at radius 3 is 3.19 bits per heavy atom. The third-order valence-corrected chi connectivity index (χ3v) is 3.78. The molecule has 3 rings (SSSR count). The van der Waals surface area contributed by atoms with E-state index in [-0.39, 0.29) is 0 Å². The van der Waals surface area contributed by atoms with E-state index in [1.165, 1.54) is 12.1 Å². The molecule has 2 aliphatic rings. The van der Waals surface area contributed by atoms with Crippen molar-refractivity contribution in [3.63, 3.8) is 0 Å². The van der Waals surface area contributed by atoms with Gasteiger partial charge in [0, 0.05) is 31.2 Å². The molecule has 4 heteroatoms. The molecule has 1 N–H and O–H groups in total. The maximum absolute atomic E-state index is 4.43. The van der Waals surface area contributed by atoms with Crippen molar-refractivity contribution in [3.05, 3.63) is 30.7 Å². The van der Waals surface area contributed by atoms with E-state index >= 15 is 0 Å². The highest BCUT2D eigenvalue weighted by atomic mass is 15.3. The lowest BCUT2D eigenvalue weighted by Gasteiger charge is -2.30. The van der Waals surface area contributed by atoms with Gasteiger partial charge in [0.15, 0.2) is 0 Å². The molecule has 1 unspecified atom stereocenters. The molecule has 0 aromatic carbocycles. The summed E-state index contributed by atoms with van der Waals surface area (Å²) in [6.45, 7) is 9.19. The van der Waals surface area contributed by atoms with Gasteiger partial charge in [-0.1, -0.05) is 6.58 Å². The highest BCUT2D eigenvalue weighted by Crippen LogP contribution is 2.32. The van der Waals surface area contributed by atoms with Crippen LogP contribution in [0, 0.1) is 5.41 Å². The average Bonchev–Trinajstić information content (AvgIpc) is 2.86. The molecular formula is C12H18N4. The first-order valence-electron chi connectivity index (χ1n) is 5.89. The molecule has 1 aromatic heterocycles. The highest BCUT2D eigenvalue weighted by molar-refractivity contribution is 5.06. The predicted octanol–water partition coefficient (Wildman–Crippen LogP) is 0.822. The van der Waals surface area contributed by atoms with Gasteiger partial charge in [-0.3, -0.25) is 4.68 Å². The van der Waals surface area contributed by atoms with Crippen LogP contribution in [0.15, 0.2) is 25.0 Å². The summed E-state index contributed by atoms with van der Waals surface area (Å²) in [6.07, 6.45) is 5.09. The number of nitrogens with zero attached hydrogens (tertiary/aromatic N) is 3. The molecule has 3 heterocycles. The van der Waals surface area contributed by atoms with Crippen molar-refractivity contribution in [3.8, 4) is 0 Å². The fraction of sp³-hybridized carbons (Fsp3) is 0.583. The van der Waals surface area contributed by atoms with Crippen molar-refractivity contribution in [1.29, 1.82) is 0 Å². The topological polar surface area (TPSA) is 33.1 Å².